The number of thioether (sulfide) groups is 1. The quantitative estimate of drug-likeness (QED) is 0.837. The second-order valence-electron chi connectivity index (χ2n) is 4.16. The lowest BCUT2D eigenvalue weighted by Gasteiger charge is -2.24. The van der Waals surface area contributed by atoms with E-state index in [0.29, 0.717) is 11.4 Å². The average Bonchev–Trinajstić information content (AvgIpc) is 2.65. The Hall–Kier alpha value is -1.17. The fourth-order valence-corrected chi connectivity index (χ4v) is 2.03. The van der Waals surface area contributed by atoms with Gasteiger partial charge in [0.05, 0.1) is 11.4 Å². The summed E-state index contributed by atoms with van der Waals surface area (Å²) in [4.78, 5) is 13.8. The number of amides is 1. The van der Waals surface area contributed by atoms with Gasteiger partial charge in [-0.05, 0) is 32.3 Å². The summed E-state index contributed by atoms with van der Waals surface area (Å²) in [5, 5.41) is 6.68. The molecule has 96 valence electrons. The normalized spacial score (nSPS) is 12.5. The Kier molecular flexibility index (Phi) is 4.86. The molecular weight excluding hydrogens is 236 g/mol. The molecule has 0 aliphatic carbocycles. The van der Waals surface area contributed by atoms with E-state index in [2.05, 4.69) is 16.5 Å². The summed E-state index contributed by atoms with van der Waals surface area (Å²) < 4.78 is 0. The molecule has 0 saturated heterocycles. The maximum Gasteiger partial charge on any atom is 0.276 e. The van der Waals surface area contributed by atoms with Crippen LogP contribution in [0.2, 0.25) is 0 Å². The van der Waals surface area contributed by atoms with Crippen molar-refractivity contribution in [2.24, 2.45) is 0 Å². The van der Waals surface area contributed by atoms with E-state index in [1.54, 1.807) is 30.6 Å². The van der Waals surface area contributed by atoms with E-state index in [1.165, 1.54) is 0 Å². The van der Waals surface area contributed by atoms with Crippen LogP contribution in [0.5, 0.6) is 0 Å². The van der Waals surface area contributed by atoms with Crippen LogP contribution in [0.4, 0.5) is 5.69 Å². The predicted octanol–water partition coefficient (Wildman–Crippen LogP) is 1.51. The lowest BCUT2D eigenvalue weighted by molar-refractivity contribution is 0.0736. The van der Waals surface area contributed by atoms with E-state index >= 15 is 0 Å². The van der Waals surface area contributed by atoms with Crippen LogP contribution < -0.4 is 5.73 Å². The number of nitrogens with two attached hydrogens (primary N) is 1. The number of anilines is 1. The summed E-state index contributed by atoms with van der Waals surface area (Å²) in [5.41, 5.74) is 7.29. The molecule has 5 nitrogen and oxygen atoms in total. The molecule has 1 heterocycles. The van der Waals surface area contributed by atoms with Crippen molar-refractivity contribution in [1.82, 2.24) is 15.1 Å². The minimum absolute atomic E-state index is 0.125. The summed E-state index contributed by atoms with van der Waals surface area (Å²) in [7, 11) is 1.79. The number of nitrogens with zero attached hydrogens (tertiary/aromatic N) is 2. The number of nitrogens with one attached hydrogen (secondary N) is 1. The molecule has 1 unspecified atom stereocenters. The first-order valence-electron chi connectivity index (χ1n) is 5.55. The van der Waals surface area contributed by atoms with Crippen molar-refractivity contribution >= 4 is 23.4 Å². The van der Waals surface area contributed by atoms with Crippen LogP contribution in [-0.2, 0) is 0 Å². The van der Waals surface area contributed by atoms with Gasteiger partial charge in [0.15, 0.2) is 5.69 Å². The molecule has 17 heavy (non-hydrogen) atoms. The molecule has 0 aromatic carbocycles. The highest BCUT2D eigenvalue weighted by Gasteiger charge is 2.22. The first kappa shape index (κ1) is 13.9. The number of hydrogen-bond donors (Lipinski definition) is 2. The van der Waals surface area contributed by atoms with Gasteiger partial charge in [0.25, 0.3) is 5.91 Å². The topological polar surface area (TPSA) is 75.0 Å². The van der Waals surface area contributed by atoms with Crippen LogP contribution in [-0.4, -0.2) is 46.1 Å². The molecular formula is C11H20N4OS. The van der Waals surface area contributed by atoms with Crippen molar-refractivity contribution in [2.75, 3.05) is 24.8 Å². The zero-order chi connectivity index (χ0) is 13.0. The molecule has 0 bridgehead atoms. The highest BCUT2D eigenvalue weighted by atomic mass is 32.2. The third-order valence-corrected chi connectivity index (χ3v) is 3.56. The van der Waals surface area contributed by atoms with E-state index in [4.69, 9.17) is 5.73 Å². The smallest absolute Gasteiger partial charge is 0.276 e. The number of aromatic amines is 1. The van der Waals surface area contributed by atoms with Gasteiger partial charge in [-0.3, -0.25) is 9.89 Å². The maximum atomic E-state index is 12.1. The van der Waals surface area contributed by atoms with Crippen molar-refractivity contribution in [3.8, 4) is 0 Å². The fraction of sp³-hybridized carbons (Fsp3) is 0.636. The number of hydrogen-bond acceptors (Lipinski definition) is 4. The van der Waals surface area contributed by atoms with Gasteiger partial charge in [0.1, 0.15) is 0 Å². The molecule has 0 radical (unpaired) electrons. The van der Waals surface area contributed by atoms with Gasteiger partial charge in [-0.1, -0.05) is 0 Å². The van der Waals surface area contributed by atoms with Gasteiger partial charge < -0.3 is 10.6 Å². The van der Waals surface area contributed by atoms with Crippen molar-refractivity contribution in [3.63, 3.8) is 0 Å². The Morgan fingerprint density at radius 1 is 1.65 bits per heavy atom. The zero-order valence-corrected chi connectivity index (χ0v) is 11.6. The Balaban J connectivity index is 2.72. The van der Waals surface area contributed by atoms with E-state index in [1.807, 2.05) is 6.92 Å². The fourth-order valence-electron chi connectivity index (χ4n) is 1.45. The number of aryl methyl sites for hydroxylation is 1. The van der Waals surface area contributed by atoms with Gasteiger partial charge in [-0.2, -0.15) is 16.9 Å². The van der Waals surface area contributed by atoms with Gasteiger partial charge >= 0.3 is 0 Å². The second kappa shape index (κ2) is 5.95. The highest BCUT2D eigenvalue weighted by Crippen LogP contribution is 2.16. The number of carbonyl (C=O) groups excluding carboxylic acids is 1. The van der Waals surface area contributed by atoms with Gasteiger partial charge in [0.2, 0.25) is 0 Å². The molecule has 0 aliphatic rings. The Labute approximate surface area is 106 Å². The van der Waals surface area contributed by atoms with Crippen LogP contribution >= 0.6 is 11.8 Å². The lowest BCUT2D eigenvalue weighted by Crippen LogP contribution is -2.36. The summed E-state index contributed by atoms with van der Waals surface area (Å²) >= 11 is 1.78. The zero-order valence-electron chi connectivity index (χ0n) is 10.8. The van der Waals surface area contributed by atoms with Crippen LogP contribution in [0.3, 0.4) is 0 Å². The molecule has 1 aromatic rings. The van der Waals surface area contributed by atoms with Crippen LogP contribution in [0.1, 0.15) is 29.5 Å². The standard InChI is InChI=1S/C11H20N4OS/c1-7(5-6-17-4)15(3)11(16)10-9(12)8(2)13-14-10/h7H,5-6,12H2,1-4H3,(H,13,14). The predicted molar refractivity (Wildman–Crippen MR) is 72.3 cm³/mol. The molecule has 0 fully saturated rings. The van der Waals surface area contributed by atoms with Crippen molar-refractivity contribution < 1.29 is 4.79 Å². The Bertz CT molecular complexity index is 391. The monoisotopic (exact) mass is 256 g/mol. The lowest BCUT2D eigenvalue weighted by atomic mass is 10.2. The summed E-state index contributed by atoms with van der Waals surface area (Å²) in [5.74, 6) is 0.911. The molecule has 3 N–H and O–H groups in total. The van der Waals surface area contributed by atoms with E-state index < -0.39 is 0 Å². The SMILES string of the molecule is CSCCC(C)N(C)C(=O)c1n[nH]c(C)c1N. The molecule has 0 spiro atoms. The molecule has 1 rings (SSSR count). The van der Waals surface area contributed by atoms with Crippen molar-refractivity contribution in [2.45, 2.75) is 26.3 Å². The van der Waals surface area contributed by atoms with Crippen molar-refractivity contribution in [3.05, 3.63) is 11.4 Å². The minimum Gasteiger partial charge on any atom is -0.395 e. The van der Waals surface area contributed by atoms with E-state index in [0.717, 1.165) is 17.9 Å². The number of H-pyrrole nitrogens is 1. The van der Waals surface area contributed by atoms with Crippen molar-refractivity contribution in [1.29, 1.82) is 0 Å². The van der Waals surface area contributed by atoms with Gasteiger partial charge in [-0.15, -0.1) is 0 Å². The molecule has 1 amide bonds. The number of carbonyl (C=O) groups is 1. The largest absolute Gasteiger partial charge is 0.395 e. The molecule has 6 heteroatoms. The van der Waals surface area contributed by atoms with Gasteiger partial charge in [-0.25, -0.2) is 0 Å². The average molecular weight is 256 g/mol. The molecule has 0 saturated carbocycles. The minimum atomic E-state index is -0.125. The van der Waals surface area contributed by atoms with E-state index in [-0.39, 0.29) is 11.9 Å². The maximum absolute atomic E-state index is 12.1. The summed E-state index contributed by atoms with van der Waals surface area (Å²) in [6.07, 6.45) is 3.02. The van der Waals surface area contributed by atoms with Crippen LogP contribution in [0.15, 0.2) is 0 Å². The highest BCUT2D eigenvalue weighted by molar-refractivity contribution is 7.98. The summed E-state index contributed by atoms with van der Waals surface area (Å²) in [6, 6.07) is 0.186. The summed E-state index contributed by atoms with van der Waals surface area (Å²) in [6.45, 7) is 3.83. The van der Waals surface area contributed by atoms with Crippen LogP contribution in [0, 0.1) is 6.92 Å². The third-order valence-electron chi connectivity index (χ3n) is 2.92. The first-order chi connectivity index (χ1) is 7.99. The van der Waals surface area contributed by atoms with E-state index in [9.17, 15) is 4.79 Å². The first-order valence-corrected chi connectivity index (χ1v) is 6.95. The molecule has 1 atom stereocenters. The Morgan fingerprint density at radius 2 is 2.29 bits per heavy atom. The number of nitrogen functional groups attached to an aromatic ring is 1. The van der Waals surface area contributed by atoms with Crippen LogP contribution in [0.25, 0.3) is 0 Å². The van der Waals surface area contributed by atoms with Gasteiger partial charge in [0, 0.05) is 13.1 Å². The Morgan fingerprint density at radius 3 is 2.76 bits per heavy atom. The molecule has 1 aromatic heterocycles. The second-order valence-corrected chi connectivity index (χ2v) is 5.14. The number of aromatic nitrogens is 2. The number of rotatable bonds is 5. The third kappa shape index (κ3) is 3.15. The molecule has 0 aliphatic heterocycles.